The lowest BCUT2D eigenvalue weighted by molar-refractivity contribution is 0.268. The van der Waals surface area contributed by atoms with E-state index < -0.39 is 0 Å². The third-order valence-electron chi connectivity index (χ3n) is 4.96. The van der Waals surface area contributed by atoms with Gasteiger partial charge in [0.1, 0.15) is 17.5 Å². The van der Waals surface area contributed by atoms with Crippen LogP contribution in [-0.2, 0) is 0 Å². The van der Waals surface area contributed by atoms with Gasteiger partial charge < -0.3 is 11.1 Å². The molecular weight excluding hydrogens is 248 g/mol. The maximum absolute atomic E-state index is 6.03. The van der Waals surface area contributed by atoms with E-state index in [1.165, 1.54) is 38.5 Å². The summed E-state index contributed by atoms with van der Waals surface area (Å²) >= 11 is 0. The van der Waals surface area contributed by atoms with Crippen molar-refractivity contribution in [1.29, 1.82) is 0 Å². The van der Waals surface area contributed by atoms with Crippen molar-refractivity contribution < 1.29 is 0 Å². The molecule has 1 heterocycles. The number of nitrogens with two attached hydrogens (primary N) is 1. The van der Waals surface area contributed by atoms with Gasteiger partial charge in [-0.2, -0.15) is 0 Å². The average Bonchev–Trinajstić information content (AvgIpc) is 3.26. The highest BCUT2D eigenvalue weighted by molar-refractivity contribution is 5.55. The summed E-state index contributed by atoms with van der Waals surface area (Å²) in [7, 11) is 0. The van der Waals surface area contributed by atoms with Crippen molar-refractivity contribution in [1.82, 2.24) is 9.97 Å². The van der Waals surface area contributed by atoms with E-state index in [1.807, 2.05) is 6.92 Å². The first-order valence-electron chi connectivity index (χ1n) is 8.03. The SMILES string of the molecule is Cc1c(N)nc(C2CC2)nc1NCC1CCCCC1C. The Hall–Kier alpha value is -1.32. The summed E-state index contributed by atoms with van der Waals surface area (Å²) in [4.78, 5) is 9.13. The smallest absolute Gasteiger partial charge is 0.136 e. The van der Waals surface area contributed by atoms with E-state index in [0.29, 0.717) is 11.7 Å². The van der Waals surface area contributed by atoms with Crippen molar-refractivity contribution in [3.8, 4) is 0 Å². The lowest BCUT2D eigenvalue weighted by atomic mass is 9.80. The molecule has 0 aromatic carbocycles. The van der Waals surface area contributed by atoms with Gasteiger partial charge in [0.15, 0.2) is 0 Å². The Morgan fingerprint density at radius 1 is 1.15 bits per heavy atom. The molecule has 2 atom stereocenters. The second-order valence-corrected chi connectivity index (χ2v) is 6.62. The summed E-state index contributed by atoms with van der Waals surface area (Å²) < 4.78 is 0. The zero-order valence-corrected chi connectivity index (χ0v) is 12.7. The van der Waals surface area contributed by atoms with Crippen LogP contribution < -0.4 is 11.1 Å². The van der Waals surface area contributed by atoms with E-state index in [4.69, 9.17) is 10.7 Å². The molecule has 0 bridgehead atoms. The molecular formula is C16H26N4. The molecule has 2 unspecified atom stereocenters. The first-order chi connectivity index (χ1) is 9.65. The van der Waals surface area contributed by atoms with Crippen molar-refractivity contribution in [3.63, 3.8) is 0 Å². The number of hydrogen-bond donors (Lipinski definition) is 2. The van der Waals surface area contributed by atoms with Crippen LogP contribution in [0, 0.1) is 18.8 Å². The number of aromatic nitrogens is 2. The van der Waals surface area contributed by atoms with Gasteiger partial charge in [0.2, 0.25) is 0 Å². The molecule has 110 valence electrons. The van der Waals surface area contributed by atoms with Crippen LogP contribution in [0.2, 0.25) is 0 Å². The summed E-state index contributed by atoms with van der Waals surface area (Å²) in [6, 6.07) is 0. The maximum Gasteiger partial charge on any atom is 0.136 e. The fourth-order valence-corrected chi connectivity index (χ4v) is 3.17. The monoisotopic (exact) mass is 274 g/mol. The highest BCUT2D eigenvalue weighted by Crippen LogP contribution is 2.39. The molecule has 4 nitrogen and oxygen atoms in total. The highest BCUT2D eigenvalue weighted by atomic mass is 15.1. The number of nitrogen functional groups attached to an aromatic ring is 1. The normalized spacial score (nSPS) is 26.5. The Labute approximate surface area is 121 Å². The van der Waals surface area contributed by atoms with E-state index in [0.717, 1.165) is 35.6 Å². The Bertz CT molecular complexity index is 482. The third-order valence-corrected chi connectivity index (χ3v) is 4.96. The van der Waals surface area contributed by atoms with Crippen LogP contribution in [0.1, 0.15) is 62.8 Å². The predicted octanol–water partition coefficient (Wildman–Crippen LogP) is 3.48. The zero-order valence-electron chi connectivity index (χ0n) is 12.7. The minimum absolute atomic E-state index is 0.548. The second-order valence-electron chi connectivity index (χ2n) is 6.62. The quantitative estimate of drug-likeness (QED) is 0.882. The van der Waals surface area contributed by atoms with E-state index >= 15 is 0 Å². The summed E-state index contributed by atoms with van der Waals surface area (Å²) in [6.45, 7) is 5.41. The molecule has 0 saturated heterocycles. The molecule has 4 heteroatoms. The van der Waals surface area contributed by atoms with Crippen molar-refractivity contribution in [2.75, 3.05) is 17.6 Å². The molecule has 0 aliphatic heterocycles. The highest BCUT2D eigenvalue weighted by Gasteiger charge is 2.28. The summed E-state index contributed by atoms with van der Waals surface area (Å²) in [6.07, 6.45) is 7.88. The van der Waals surface area contributed by atoms with Crippen molar-refractivity contribution in [2.24, 2.45) is 11.8 Å². The lowest BCUT2D eigenvalue weighted by Gasteiger charge is -2.29. The van der Waals surface area contributed by atoms with E-state index in [2.05, 4.69) is 17.2 Å². The van der Waals surface area contributed by atoms with Gasteiger partial charge in [-0.05, 0) is 38.0 Å². The van der Waals surface area contributed by atoms with Crippen molar-refractivity contribution in [3.05, 3.63) is 11.4 Å². The van der Waals surface area contributed by atoms with Crippen LogP contribution >= 0.6 is 0 Å². The summed E-state index contributed by atoms with van der Waals surface area (Å²) in [5, 5.41) is 3.55. The molecule has 20 heavy (non-hydrogen) atoms. The molecule has 2 aliphatic rings. The van der Waals surface area contributed by atoms with E-state index in [9.17, 15) is 0 Å². The van der Waals surface area contributed by atoms with E-state index in [1.54, 1.807) is 0 Å². The molecule has 3 N–H and O–H groups in total. The van der Waals surface area contributed by atoms with Crippen LogP contribution in [0.25, 0.3) is 0 Å². The number of nitrogens with one attached hydrogen (secondary N) is 1. The third kappa shape index (κ3) is 2.89. The topological polar surface area (TPSA) is 63.8 Å². The maximum atomic E-state index is 6.03. The van der Waals surface area contributed by atoms with E-state index in [-0.39, 0.29) is 0 Å². The van der Waals surface area contributed by atoms with Crippen LogP contribution in [0.15, 0.2) is 0 Å². The number of rotatable bonds is 4. The number of nitrogens with zero attached hydrogens (tertiary/aromatic N) is 2. The van der Waals surface area contributed by atoms with Crippen LogP contribution in [0.3, 0.4) is 0 Å². The van der Waals surface area contributed by atoms with Gasteiger partial charge in [0.05, 0.1) is 0 Å². The van der Waals surface area contributed by atoms with Crippen LogP contribution in [0.4, 0.5) is 11.6 Å². The van der Waals surface area contributed by atoms with Gasteiger partial charge in [0.25, 0.3) is 0 Å². The molecule has 2 fully saturated rings. The fourth-order valence-electron chi connectivity index (χ4n) is 3.17. The van der Waals surface area contributed by atoms with Crippen LogP contribution in [0.5, 0.6) is 0 Å². The van der Waals surface area contributed by atoms with Gasteiger partial charge in [-0.1, -0.05) is 26.2 Å². The summed E-state index contributed by atoms with van der Waals surface area (Å²) in [5.74, 6) is 4.67. The molecule has 3 rings (SSSR count). The predicted molar refractivity (Wildman–Crippen MR) is 82.8 cm³/mol. The number of hydrogen-bond acceptors (Lipinski definition) is 4. The van der Waals surface area contributed by atoms with Gasteiger partial charge in [-0.3, -0.25) is 0 Å². The fraction of sp³-hybridized carbons (Fsp3) is 0.750. The van der Waals surface area contributed by atoms with Crippen molar-refractivity contribution >= 4 is 11.6 Å². The van der Waals surface area contributed by atoms with Gasteiger partial charge in [0, 0.05) is 18.0 Å². The van der Waals surface area contributed by atoms with Crippen LogP contribution in [-0.4, -0.2) is 16.5 Å². The largest absolute Gasteiger partial charge is 0.383 e. The van der Waals surface area contributed by atoms with Crippen molar-refractivity contribution in [2.45, 2.75) is 58.3 Å². The van der Waals surface area contributed by atoms with Gasteiger partial charge in [-0.15, -0.1) is 0 Å². The summed E-state index contributed by atoms with van der Waals surface area (Å²) in [5.41, 5.74) is 7.03. The lowest BCUT2D eigenvalue weighted by Crippen LogP contribution is -2.25. The first kappa shape index (κ1) is 13.7. The standard InChI is InChI=1S/C16H26N4/c1-10-5-3-4-6-13(10)9-18-15-11(2)14(17)19-16(20-15)12-7-8-12/h10,12-13H,3-9H2,1-2H3,(H3,17,18,19,20). The Balaban J connectivity index is 1.69. The minimum Gasteiger partial charge on any atom is -0.383 e. The zero-order chi connectivity index (χ0) is 14.1. The molecule has 0 radical (unpaired) electrons. The molecule has 1 aromatic heterocycles. The van der Waals surface area contributed by atoms with Gasteiger partial charge in [-0.25, -0.2) is 9.97 Å². The molecule has 2 aliphatic carbocycles. The molecule has 0 amide bonds. The Morgan fingerprint density at radius 3 is 2.60 bits per heavy atom. The molecule has 0 spiro atoms. The Morgan fingerprint density at radius 2 is 1.90 bits per heavy atom. The average molecular weight is 274 g/mol. The Kier molecular flexibility index (Phi) is 3.81. The second kappa shape index (κ2) is 5.58. The minimum atomic E-state index is 0.548. The first-order valence-corrected chi connectivity index (χ1v) is 8.03. The molecule has 2 saturated carbocycles. The number of anilines is 2. The van der Waals surface area contributed by atoms with Gasteiger partial charge >= 0.3 is 0 Å². The molecule has 1 aromatic rings.